The first kappa shape index (κ1) is 23.4. The molecule has 1 aliphatic rings. The van der Waals surface area contributed by atoms with Gasteiger partial charge in [0.1, 0.15) is 0 Å². The van der Waals surface area contributed by atoms with Gasteiger partial charge in [-0.3, -0.25) is 9.69 Å². The number of benzene rings is 2. The Balaban J connectivity index is 1.21. The van der Waals surface area contributed by atoms with E-state index in [9.17, 15) is 18.0 Å². The maximum atomic E-state index is 12.9. The fourth-order valence-electron chi connectivity index (χ4n) is 4.06. The van der Waals surface area contributed by atoms with E-state index in [1.54, 1.807) is 17.4 Å². The Morgan fingerprint density at radius 1 is 1.06 bits per heavy atom. The molecule has 0 radical (unpaired) electrons. The first-order chi connectivity index (χ1) is 15.8. The molecule has 1 saturated heterocycles. The van der Waals surface area contributed by atoms with E-state index >= 15 is 0 Å². The molecule has 0 unspecified atom stereocenters. The Labute approximate surface area is 195 Å². The second kappa shape index (κ2) is 10.5. The van der Waals surface area contributed by atoms with Crippen molar-refractivity contribution in [3.05, 3.63) is 87.4 Å². The molecule has 1 amide bonds. The number of likely N-dealkylation sites (tertiary alicyclic amines) is 1. The predicted molar refractivity (Wildman–Crippen MR) is 123 cm³/mol. The third kappa shape index (κ3) is 6.88. The van der Waals surface area contributed by atoms with Crippen molar-refractivity contribution in [1.29, 1.82) is 0 Å². The number of nitrogens with zero attached hydrogens (tertiary/aromatic N) is 2. The minimum Gasteiger partial charge on any atom is -0.353 e. The summed E-state index contributed by atoms with van der Waals surface area (Å²) in [4.78, 5) is 19.2. The second-order valence-electron chi connectivity index (χ2n) is 8.39. The number of hydrogen-bond donors (Lipinski definition) is 1. The zero-order valence-electron chi connectivity index (χ0n) is 18.1. The lowest BCUT2D eigenvalue weighted by Crippen LogP contribution is -2.44. The minimum atomic E-state index is -4.33. The van der Waals surface area contributed by atoms with Gasteiger partial charge in [-0.05, 0) is 30.0 Å². The van der Waals surface area contributed by atoms with Crippen LogP contribution in [0.3, 0.4) is 0 Å². The van der Waals surface area contributed by atoms with Crippen LogP contribution in [-0.4, -0.2) is 34.9 Å². The monoisotopic (exact) mass is 473 g/mol. The van der Waals surface area contributed by atoms with Crippen molar-refractivity contribution in [2.75, 3.05) is 13.1 Å². The Hall–Kier alpha value is -2.71. The maximum absolute atomic E-state index is 12.9. The van der Waals surface area contributed by atoms with Crippen LogP contribution in [0.15, 0.2) is 60.0 Å². The Kier molecular flexibility index (Phi) is 7.45. The number of nitrogens with one attached hydrogen (secondary N) is 1. The summed E-state index contributed by atoms with van der Waals surface area (Å²) in [7, 11) is 0. The average Bonchev–Trinajstić information content (AvgIpc) is 3.22. The Morgan fingerprint density at radius 3 is 2.52 bits per heavy atom. The lowest BCUT2D eigenvalue weighted by Gasteiger charge is -2.32. The highest BCUT2D eigenvalue weighted by atomic mass is 32.1. The van der Waals surface area contributed by atoms with E-state index < -0.39 is 11.7 Å². The maximum Gasteiger partial charge on any atom is 0.416 e. The number of amides is 1. The molecule has 4 nitrogen and oxygen atoms in total. The summed E-state index contributed by atoms with van der Waals surface area (Å²) in [5, 5.41) is 6.02. The van der Waals surface area contributed by atoms with Gasteiger partial charge in [-0.15, -0.1) is 11.3 Å². The molecule has 3 aromatic rings. The van der Waals surface area contributed by atoms with Gasteiger partial charge in [0.05, 0.1) is 22.7 Å². The van der Waals surface area contributed by atoms with E-state index in [4.69, 9.17) is 0 Å². The molecule has 2 aromatic carbocycles. The highest BCUT2D eigenvalue weighted by molar-refractivity contribution is 7.09. The van der Waals surface area contributed by atoms with Crippen molar-refractivity contribution < 1.29 is 18.0 Å². The zero-order chi connectivity index (χ0) is 23.3. The van der Waals surface area contributed by atoms with Gasteiger partial charge >= 0.3 is 6.18 Å². The third-order valence-electron chi connectivity index (χ3n) is 5.75. The van der Waals surface area contributed by atoms with Crippen LogP contribution in [0.4, 0.5) is 13.2 Å². The van der Waals surface area contributed by atoms with Crippen molar-refractivity contribution in [3.63, 3.8) is 0 Å². The van der Waals surface area contributed by atoms with Gasteiger partial charge in [-0.25, -0.2) is 4.98 Å². The number of rotatable bonds is 7. The van der Waals surface area contributed by atoms with Gasteiger partial charge in [-0.2, -0.15) is 13.2 Å². The second-order valence-corrected chi connectivity index (χ2v) is 9.33. The molecule has 0 atom stereocenters. The van der Waals surface area contributed by atoms with Crippen LogP contribution in [0.5, 0.6) is 0 Å². The number of carbonyl (C=O) groups is 1. The molecule has 1 N–H and O–H groups in total. The van der Waals surface area contributed by atoms with Crippen molar-refractivity contribution in [2.24, 2.45) is 0 Å². The van der Waals surface area contributed by atoms with Crippen LogP contribution in [0.1, 0.15) is 40.2 Å². The molecule has 4 rings (SSSR count). The van der Waals surface area contributed by atoms with E-state index in [1.807, 2.05) is 23.6 Å². The fourth-order valence-corrected chi connectivity index (χ4v) is 4.89. The molecular weight excluding hydrogens is 447 g/mol. The molecule has 1 fully saturated rings. The largest absolute Gasteiger partial charge is 0.416 e. The van der Waals surface area contributed by atoms with Gasteiger partial charge in [0, 0.05) is 37.5 Å². The van der Waals surface area contributed by atoms with E-state index in [-0.39, 0.29) is 18.4 Å². The third-order valence-corrected chi connectivity index (χ3v) is 6.65. The summed E-state index contributed by atoms with van der Waals surface area (Å²) in [6.07, 6.45) is -1.75. The molecule has 0 saturated carbocycles. The van der Waals surface area contributed by atoms with Crippen molar-refractivity contribution in [3.8, 4) is 0 Å². The highest BCUT2D eigenvalue weighted by Gasteiger charge is 2.30. The molecule has 1 aliphatic heterocycles. The summed E-state index contributed by atoms with van der Waals surface area (Å²) in [5.41, 5.74) is 2.02. The minimum absolute atomic E-state index is 0.0390. The van der Waals surface area contributed by atoms with Crippen molar-refractivity contribution in [2.45, 2.75) is 44.4 Å². The van der Waals surface area contributed by atoms with Crippen LogP contribution >= 0.6 is 11.3 Å². The average molecular weight is 474 g/mol. The number of carbonyl (C=O) groups excluding carboxylic acids is 1. The molecule has 1 aromatic heterocycles. The molecule has 8 heteroatoms. The number of alkyl halides is 3. The van der Waals surface area contributed by atoms with Crippen molar-refractivity contribution >= 4 is 17.2 Å². The fraction of sp³-hybridized carbons (Fsp3) is 0.360. The summed E-state index contributed by atoms with van der Waals surface area (Å²) in [6, 6.07) is 15.7. The Bertz CT molecular complexity index is 1060. The molecular formula is C25H26F3N3OS. The molecule has 0 spiro atoms. The van der Waals surface area contributed by atoms with Gasteiger partial charge in [0.25, 0.3) is 0 Å². The standard InChI is InChI=1S/C25H26F3N3OS/c26-25(27,28)20-8-4-7-19(13-20)16-31-11-9-21(10-12-31)29-23(32)15-22-17-33-24(30-22)14-18-5-2-1-3-6-18/h1-8,13,17,21H,9-12,14-16H2,(H,29,32). The van der Waals surface area contributed by atoms with Crippen LogP contribution < -0.4 is 5.32 Å². The molecule has 2 heterocycles. The van der Waals surface area contributed by atoms with Gasteiger partial charge in [0.15, 0.2) is 0 Å². The smallest absolute Gasteiger partial charge is 0.353 e. The van der Waals surface area contributed by atoms with Crippen LogP contribution in [-0.2, 0) is 30.4 Å². The summed E-state index contributed by atoms with van der Waals surface area (Å²) < 4.78 is 38.8. The van der Waals surface area contributed by atoms with E-state index in [0.717, 1.165) is 49.1 Å². The first-order valence-electron chi connectivity index (χ1n) is 11.0. The number of piperidine rings is 1. The number of aromatic nitrogens is 1. The van der Waals surface area contributed by atoms with E-state index in [2.05, 4.69) is 27.3 Å². The SMILES string of the molecule is O=C(Cc1csc(Cc2ccccc2)n1)NC1CCN(Cc2cccc(C(F)(F)F)c2)CC1. The van der Waals surface area contributed by atoms with Crippen molar-refractivity contribution in [1.82, 2.24) is 15.2 Å². The number of hydrogen-bond acceptors (Lipinski definition) is 4. The summed E-state index contributed by atoms with van der Waals surface area (Å²) >= 11 is 1.57. The van der Waals surface area contributed by atoms with Gasteiger partial charge in [-0.1, -0.05) is 48.5 Å². The Morgan fingerprint density at radius 2 is 1.79 bits per heavy atom. The summed E-state index contributed by atoms with van der Waals surface area (Å²) in [6.45, 7) is 1.95. The lowest BCUT2D eigenvalue weighted by molar-refractivity contribution is -0.137. The topological polar surface area (TPSA) is 45.2 Å². The normalized spacial score (nSPS) is 15.5. The van der Waals surface area contributed by atoms with E-state index in [1.165, 1.54) is 17.7 Å². The summed E-state index contributed by atoms with van der Waals surface area (Å²) in [5.74, 6) is -0.0390. The zero-order valence-corrected chi connectivity index (χ0v) is 19.0. The van der Waals surface area contributed by atoms with Gasteiger partial charge < -0.3 is 5.32 Å². The quantitative estimate of drug-likeness (QED) is 0.521. The number of halogens is 3. The molecule has 0 aliphatic carbocycles. The van der Waals surface area contributed by atoms with Gasteiger partial charge in [0.2, 0.25) is 5.91 Å². The van der Waals surface area contributed by atoms with Crippen LogP contribution in [0.25, 0.3) is 0 Å². The molecule has 0 bridgehead atoms. The predicted octanol–water partition coefficient (Wildman–Crippen LogP) is 5.08. The van der Waals surface area contributed by atoms with Crippen LogP contribution in [0.2, 0.25) is 0 Å². The van der Waals surface area contributed by atoms with E-state index in [0.29, 0.717) is 12.1 Å². The van der Waals surface area contributed by atoms with Crippen LogP contribution in [0, 0.1) is 0 Å². The first-order valence-corrected chi connectivity index (χ1v) is 11.9. The molecule has 174 valence electrons. The number of thiazole rings is 1. The molecule has 33 heavy (non-hydrogen) atoms. The lowest BCUT2D eigenvalue weighted by atomic mass is 10.0. The highest BCUT2D eigenvalue weighted by Crippen LogP contribution is 2.30.